The second-order valence-electron chi connectivity index (χ2n) is 5.50. The first kappa shape index (κ1) is 16.0. The third-order valence-electron chi connectivity index (χ3n) is 3.91. The number of para-hydroxylation sites is 1. The maximum atomic E-state index is 5.84. The number of fused-ring (bicyclic) bond motifs is 1. The van der Waals surface area contributed by atoms with Gasteiger partial charge in [-0.2, -0.15) is 5.10 Å². The molecule has 1 saturated heterocycles. The molecule has 1 aliphatic rings. The number of nitrogens with zero attached hydrogens (tertiary/aromatic N) is 1. The fourth-order valence-corrected chi connectivity index (χ4v) is 2.86. The summed E-state index contributed by atoms with van der Waals surface area (Å²) in [7, 11) is 0. The van der Waals surface area contributed by atoms with E-state index in [0.717, 1.165) is 54.7 Å². The molecular formula is C17H21N3O2S. The number of thiocarbonyl (C=S) groups is 1. The monoisotopic (exact) mass is 331 g/mol. The molecule has 3 rings (SSSR count). The number of nitrogens with one attached hydrogen (secondary N) is 2. The fourth-order valence-electron chi connectivity index (χ4n) is 2.73. The van der Waals surface area contributed by atoms with Crippen LogP contribution < -0.4 is 10.7 Å². The fraction of sp³-hybridized carbons (Fsp3) is 0.412. The number of ether oxygens (including phenoxy) is 1. The third-order valence-corrected chi connectivity index (χ3v) is 4.14. The van der Waals surface area contributed by atoms with Crippen molar-refractivity contribution in [2.45, 2.75) is 32.3 Å². The smallest absolute Gasteiger partial charge is 0.187 e. The van der Waals surface area contributed by atoms with Crippen LogP contribution in [0.3, 0.4) is 0 Å². The summed E-state index contributed by atoms with van der Waals surface area (Å²) in [5.74, 6) is 0.926. The van der Waals surface area contributed by atoms with Crippen LogP contribution >= 0.6 is 12.2 Å². The topological polar surface area (TPSA) is 58.8 Å². The molecule has 0 spiro atoms. The van der Waals surface area contributed by atoms with E-state index in [9.17, 15) is 0 Å². The van der Waals surface area contributed by atoms with Crippen LogP contribution in [0.25, 0.3) is 11.0 Å². The zero-order valence-electron chi connectivity index (χ0n) is 13.2. The van der Waals surface area contributed by atoms with Gasteiger partial charge in [0.1, 0.15) is 11.3 Å². The highest BCUT2D eigenvalue weighted by atomic mass is 32.1. The summed E-state index contributed by atoms with van der Waals surface area (Å²) in [5, 5.41) is 8.93. The van der Waals surface area contributed by atoms with E-state index < -0.39 is 0 Å². The van der Waals surface area contributed by atoms with E-state index in [4.69, 9.17) is 21.4 Å². The predicted octanol–water partition coefficient (Wildman–Crippen LogP) is 2.97. The Hall–Kier alpha value is -1.92. The van der Waals surface area contributed by atoms with Crippen molar-refractivity contribution < 1.29 is 9.15 Å². The van der Waals surface area contributed by atoms with Gasteiger partial charge in [0.2, 0.25) is 0 Å². The molecule has 0 amide bonds. The summed E-state index contributed by atoms with van der Waals surface area (Å²) in [4.78, 5) is 0. The van der Waals surface area contributed by atoms with Crippen LogP contribution in [0.2, 0.25) is 0 Å². The lowest BCUT2D eigenvalue weighted by Gasteiger charge is -2.11. The lowest BCUT2D eigenvalue weighted by Crippen LogP contribution is -2.37. The minimum Gasteiger partial charge on any atom is -0.460 e. The number of benzene rings is 1. The second-order valence-corrected chi connectivity index (χ2v) is 5.91. The van der Waals surface area contributed by atoms with Gasteiger partial charge in [-0.05, 0) is 31.1 Å². The highest BCUT2D eigenvalue weighted by Gasteiger charge is 2.15. The molecule has 6 heteroatoms. The summed E-state index contributed by atoms with van der Waals surface area (Å²) in [6, 6.07) is 7.96. The minimum atomic E-state index is 0.253. The highest BCUT2D eigenvalue weighted by molar-refractivity contribution is 7.80. The first-order valence-electron chi connectivity index (χ1n) is 7.97. The van der Waals surface area contributed by atoms with Crippen molar-refractivity contribution in [1.82, 2.24) is 10.7 Å². The molecule has 122 valence electrons. The van der Waals surface area contributed by atoms with Crippen LogP contribution in [-0.2, 0) is 11.2 Å². The molecule has 1 fully saturated rings. The van der Waals surface area contributed by atoms with Crippen molar-refractivity contribution in [3.8, 4) is 0 Å². The Morgan fingerprint density at radius 3 is 3.09 bits per heavy atom. The molecule has 0 unspecified atom stereocenters. The van der Waals surface area contributed by atoms with E-state index in [0.29, 0.717) is 5.11 Å². The van der Waals surface area contributed by atoms with Crippen molar-refractivity contribution in [1.29, 1.82) is 0 Å². The molecule has 5 nitrogen and oxygen atoms in total. The first-order chi connectivity index (χ1) is 11.3. The number of hydrogen-bond donors (Lipinski definition) is 2. The van der Waals surface area contributed by atoms with Crippen LogP contribution in [-0.4, -0.2) is 30.6 Å². The Balaban J connectivity index is 1.60. The average molecular weight is 331 g/mol. The van der Waals surface area contributed by atoms with Gasteiger partial charge < -0.3 is 14.5 Å². The molecule has 1 aromatic carbocycles. The Labute approximate surface area is 141 Å². The van der Waals surface area contributed by atoms with Crippen LogP contribution in [0.4, 0.5) is 0 Å². The molecule has 2 aromatic rings. The van der Waals surface area contributed by atoms with E-state index in [1.807, 2.05) is 24.3 Å². The van der Waals surface area contributed by atoms with Gasteiger partial charge in [0.15, 0.2) is 5.11 Å². The summed E-state index contributed by atoms with van der Waals surface area (Å²) in [6.45, 7) is 3.63. The normalized spacial score (nSPS) is 17.9. The van der Waals surface area contributed by atoms with Crippen molar-refractivity contribution in [3.05, 3.63) is 35.6 Å². The highest BCUT2D eigenvalue weighted by Crippen LogP contribution is 2.24. The summed E-state index contributed by atoms with van der Waals surface area (Å²) < 4.78 is 11.4. The van der Waals surface area contributed by atoms with Crippen LogP contribution in [0.15, 0.2) is 33.8 Å². The van der Waals surface area contributed by atoms with Crippen molar-refractivity contribution in [3.63, 3.8) is 0 Å². The Kier molecular flexibility index (Phi) is 5.25. The Bertz CT molecular complexity index is 705. The quantitative estimate of drug-likeness (QED) is 0.501. The minimum absolute atomic E-state index is 0.253. The van der Waals surface area contributed by atoms with Crippen molar-refractivity contribution in [2.75, 3.05) is 13.2 Å². The largest absolute Gasteiger partial charge is 0.460 e. The summed E-state index contributed by atoms with van der Waals surface area (Å²) in [6.07, 6.45) is 5.04. The molecule has 0 radical (unpaired) electrons. The van der Waals surface area contributed by atoms with Gasteiger partial charge in [-0.3, -0.25) is 5.43 Å². The van der Waals surface area contributed by atoms with Gasteiger partial charge in [0.25, 0.3) is 0 Å². The zero-order valence-corrected chi connectivity index (χ0v) is 14.0. The van der Waals surface area contributed by atoms with Crippen LogP contribution in [0.1, 0.15) is 31.1 Å². The van der Waals surface area contributed by atoms with Crippen LogP contribution in [0.5, 0.6) is 0 Å². The van der Waals surface area contributed by atoms with Crippen LogP contribution in [0, 0.1) is 0 Å². The molecular weight excluding hydrogens is 310 g/mol. The predicted molar refractivity (Wildman–Crippen MR) is 95.9 cm³/mol. The molecule has 0 saturated carbocycles. The maximum Gasteiger partial charge on any atom is 0.187 e. The molecule has 1 aliphatic heterocycles. The van der Waals surface area contributed by atoms with Gasteiger partial charge in [-0.25, -0.2) is 0 Å². The zero-order chi connectivity index (χ0) is 16.1. The van der Waals surface area contributed by atoms with Gasteiger partial charge in [-0.1, -0.05) is 25.1 Å². The molecule has 23 heavy (non-hydrogen) atoms. The first-order valence-corrected chi connectivity index (χ1v) is 8.37. The second kappa shape index (κ2) is 7.57. The molecule has 2 N–H and O–H groups in total. The summed E-state index contributed by atoms with van der Waals surface area (Å²) in [5.41, 5.74) is 4.73. The van der Waals surface area contributed by atoms with E-state index in [2.05, 4.69) is 22.8 Å². The van der Waals surface area contributed by atoms with Gasteiger partial charge in [0, 0.05) is 30.5 Å². The standard InChI is InChI=1S/C17H21N3O2S/c1-2-15-14(13-7-3-4-8-16(13)22-15)11-19-20-17(23)18-10-12-6-5-9-21-12/h3-4,7-8,11-12H,2,5-6,9-10H2,1H3,(H2,18,20,23)/b19-11-/t12-/m0/s1. The number of hydrogen-bond acceptors (Lipinski definition) is 4. The lowest BCUT2D eigenvalue weighted by molar-refractivity contribution is 0.114. The van der Waals surface area contributed by atoms with E-state index >= 15 is 0 Å². The number of aryl methyl sites for hydroxylation is 1. The van der Waals surface area contributed by atoms with Gasteiger partial charge in [-0.15, -0.1) is 0 Å². The third kappa shape index (κ3) is 3.89. The van der Waals surface area contributed by atoms with E-state index in [1.165, 1.54) is 0 Å². The Morgan fingerprint density at radius 1 is 1.43 bits per heavy atom. The number of hydrazone groups is 1. The van der Waals surface area contributed by atoms with Gasteiger partial charge >= 0.3 is 0 Å². The maximum absolute atomic E-state index is 5.84. The SMILES string of the molecule is CCc1oc2ccccc2c1/C=N\NC(=S)NC[C@@H]1CCCO1. The molecule has 1 aromatic heterocycles. The van der Waals surface area contributed by atoms with E-state index in [-0.39, 0.29) is 6.10 Å². The van der Waals surface area contributed by atoms with Crippen molar-refractivity contribution in [2.24, 2.45) is 5.10 Å². The van der Waals surface area contributed by atoms with E-state index in [1.54, 1.807) is 6.21 Å². The number of rotatable bonds is 5. The molecule has 0 aliphatic carbocycles. The molecule has 0 bridgehead atoms. The molecule has 1 atom stereocenters. The molecule has 2 heterocycles. The lowest BCUT2D eigenvalue weighted by atomic mass is 10.1. The van der Waals surface area contributed by atoms with Crippen molar-refractivity contribution >= 4 is 34.5 Å². The summed E-state index contributed by atoms with van der Waals surface area (Å²) >= 11 is 5.23. The van der Waals surface area contributed by atoms with Gasteiger partial charge in [0.05, 0.1) is 12.3 Å². The number of furan rings is 1. The Morgan fingerprint density at radius 2 is 2.30 bits per heavy atom. The average Bonchev–Trinajstić information content (AvgIpc) is 3.20.